The Morgan fingerprint density at radius 1 is 1.82 bits per heavy atom. The van der Waals surface area contributed by atoms with E-state index in [0.29, 0.717) is 5.19 Å². The number of ether oxygens (including phenoxy) is 1. The van der Waals surface area contributed by atoms with E-state index in [2.05, 4.69) is 4.98 Å². The Bertz CT molecular complexity index is 286. The maximum absolute atomic E-state index is 10.6. The van der Waals surface area contributed by atoms with Gasteiger partial charge in [-0.05, 0) is 0 Å². The molecule has 0 aromatic carbocycles. The van der Waals surface area contributed by atoms with Crippen LogP contribution in [0.15, 0.2) is 0 Å². The molecular weight excluding hydrogens is 188 g/mol. The van der Waals surface area contributed by atoms with Crippen molar-refractivity contribution in [2.24, 2.45) is 5.73 Å². The second kappa shape index (κ2) is 3.06. The van der Waals surface area contributed by atoms with E-state index >= 15 is 0 Å². The van der Waals surface area contributed by atoms with E-state index < -0.39 is 5.91 Å². The third kappa shape index (κ3) is 1.61. The van der Waals surface area contributed by atoms with Crippen molar-refractivity contribution >= 4 is 28.8 Å². The van der Waals surface area contributed by atoms with Crippen LogP contribution in [0.5, 0.6) is 5.19 Å². The number of carbonyl (C=O) groups excluding carboxylic acids is 1. The number of nitrogens with zero attached hydrogens (tertiary/aromatic N) is 1. The fourth-order valence-corrected chi connectivity index (χ4v) is 1.48. The van der Waals surface area contributed by atoms with Crippen LogP contribution in [0.3, 0.4) is 0 Å². The SMILES string of the molecule is COc1nc(Cl)c(C(N)=O)s1. The minimum atomic E-state index is -0.587. The molecule has 1 amide bonds. The van der Waals surface area contributed by atoms with E-state index in [0.717, 1.165) is 11.3 Å². The van der Waals surface area contributed by atoms with Crippen LogP contribution < -0.4 is 10.5 Å². The molecule has 11 heavy (non-hydrogen) atoms. The molecule has 2 N–H and O–H groups in total. The van der Waals surface area contributed by atoms with E-state index in [9.17, 15) is 4.79 Å². The first-order valence-electron chi connectivity index (χ1n) is 2.65. The minimum absolute atomic E-state index is 0.0966. The summed E-state index contributed by atoms with van der Waals surface area (Å²) >= 11 is 6.56. The van der Waals surface area contributed by atoms with E-state index in [4.69, 9.17) is 22.1 Å². The van der Waals surface area contributed by atoms with Gasteiger partial charge in [-0.25, -0.2) is 0 Å². The van der Waals surface area contributed by atoms with Crippen molar-refractivity contribution in [2.75, 3.05) is 7.11 Å². The Labute approximate surface area is 71.9 Å². The predicted molar refractivity (Wildman–Crippen MR) is 42.2 cm³/mol. The van der Waals surface area contributed by atoms with Crippen molar-refractivity contribution in [3.8, 4) is 5.19 Å². The summed E-state index contributed by atoms with van der Waals surface area (Å²) in [6.45, 7) is 0. The molecule has 4 nitrogen and oxygen atoms in total. The van der Waals surface area contributed by atoms with Crippen molar-refractivity contribution in [2.45, 2.75) is 0 Å². The molecule has 0 atom stereocenters. The molecule has 0 aliphatic heterocycles. The van der Waals surface area contributed by atoms with Gasteiger partial charge < -0.3 is 10.5 Å². The van der Waals surface area contributed by atoms with Gasteiger partial charge in [-0.3, -0.25) is 4.79 Å². The number of rotatable bonds is 2. The first-order valence-corrected chi connectivity index (χ1v) is 3.84. The number of halogens is 1. The lowest BCUT2D eigenvalue weighted by Gasteiger charge is -1.85. The number of thiazole rings is 1. The molecule has 0 saturated carbocycles. The lowest BCUT2D eigenvalue weighted by atomic mass is 10.5. The number of primary amides is 1. The molecule has 1 heterocycles. The highest BCUT2D eigenvalue weighted by atomic mass is 35.5. The quantitative estimate of drug-likeness (QED) is 0.758. The number of aromatic nitrogens is 1. The molecule has 1 aromatic heterocycles. The zero-order valence-electron chi connectivity index (χ0n) is 5.63. The molecule has 6 heteroatoms. The Morgan fingerprint density at radius 2 is 2.45 bits per heavy atom. The molecule has 0 bridgehead atoms. The Hall–Kier alpha value is -0.810. The highest BCUT2D eigenvalue weighted by molar-refractivity contribution is 7.16. The zero-order valence-corrected chi connectivity index (χ0v) is 7.20. The van der Waals surface area contributed by atoms with E-state index in [1.807, 2.05) is 0 Å². The minimum Gasteiger partial charge on any atom is -0.473 e. The van der Waals surface area contributed by atoms with Gasteiger partial charge in [0.15, 0.2) is 5.15 Å². The Morgan fingerprint density at radius 3 is 2.73 bits per heavy atom. The molecule has 60 valence electrons. The number of nitrogens with two attached hydrogens (primary N) is 1. The maximum atomic E-state index is 10.6. The summed E-state index contributed by atoms with van der Waals surface area (Å²) in [6, 6.07) is 0. The molecular formula is C5H5ClN2O2S. The van der Waals surface area contributed by atoms with Gasteiger partial charge in [0.1, 0.15) is 4.88 Å². The summed E-state index contributed by atoms with van der Waals surface area (Å²) in [7, 11) is 1.44. The van der Waals surface area contributed by atoms with Crippen LogP contribution in [0, 0.1) is 0 Å². The average molecular weight is 193 g/mol. The van der Waals surface area contributed by atoms with E-state index in [1.165, 1.54) is 7.11 Å². The largest absolute Gasteiger partial charge is 0.473 e. The van der Waals surface area contributed by atoms with Crippen molar-refractivity contribution in [3.05, 3.63) is 10.0 Å². The third-order valence-corrected chi connectivity index (χ3v) is 2.38. The van der Waals surface area contributed by atoms with Crippen LogP contribution in [-0.2, 0) is 0 Å². The molecule has 0 saturated heterocycles. The van der Waals surface area contributed by atoms with Crippen LogP contribution in [0.4, 0.5) is 0 Å². The smallest absolute Gasteiger partial charge is 0.275 e. The number of hydrogen-bond donors (Lipinski definition) is 1. The van der Waals surface area contributed by atoms with Gasteiger partial charge >= 0.3 is 0 Å². The van der Waals surface area contributed by atoms with Gasteiger partial charge in [0.2, 0.25) is 0 Å². The summed E-state index contributed by atoms with van der Waals surface area (Å²) in [5.74, 6) is -0.587. The zero-order chi connectivity index (χ0) is 8.43. The summed E-state index contributed by atoms with van der Waals surface area (Å²) in [5.41, 5.74) is 4.97. The van der Waals surface area contributed by atoms with Crippen LogP contribution in [0.2, 0.25) is 5.15 Å². The third-order valence-electron chi connectivity index (χ3n) is 0.965. The molecule has 1 rings (SSSR count). The van der Waals surface area contributed by atoms with Crippen LogP contribution in [0.1, 0.15) is 9.67 Å². The van der Waals surface area contributed by atoms with Crippen molar-refractivity contribution in [1.29, 1.82) is 0 Å². The maximum Gasteiger partial charge on any atom is 0.275 e. The normalized spacial score (nSPS) is 9.64. The monoisotopic (exact) mass is 192 g/mol. The fourth-order valence-electron chi connectivity index (χ4n) is 0.522. The number of hydrogen-bond acceptors (Lipinski definition) is 4. The van der Waals surface area contributed by atoms with Crippen LogP contribution in [0.25, 0.3) is 0 Å². The number of amides is 1. The van der Waals surface area contributed by atoms with E-state index in [-0.39, 0.29) is 10.0 Å². The van der Waals surface area contributed by atoms with Gasteiger partial charge in [-0.1, -0.05) is 22.9 Å². The van der Waals surface area contributed by atoms with Gasteiger partial charge in [0.05, 0.1) is 7.11 Å². The first kappa shape index (κ1) is 8.29. The summed E-state index contributed by atoms with van der Waals surface area (Å²) < 4.78 is 4.74. The van der Waals surface area contributed by atoms with Crippen molar-refractivity contribution < 1.29 is 9.53 Å². The molecule has 0 aliphatic carbocycles. The lowest BCUT2D eigenvalue weighted by Crippen LogP contribution is -2.09. The molecule has 0 fully saturated rings. The van der Waals surface area contributed by atoms with Crippen molar-refractivity contribution in [3.63, 3.8) is 0 Å². The topological polar surface area (TPSA) is 65.2 Å². The highest BCUT2D eigenvalue weighted by Crippen LogP contribution is 2.27. The van der Waals surface area contributed by atoms with E-state index in [1.54, 1.807) is 0 Å². The second-order valence-corrected chi connectivity index (χ2v) is 2.99. The highest BCUT2D eigenvalue weighted by Gasteiger charge is 2.13. The molecule has 0 aliphatic rings. The van der Waals surface area contributed by atoms with Crippen LogP contribution >= 0.6 is 22.9 Å². The fraction of sp³-hybridized carbons (Fsp3) is 0.200. The molecule has 0 radical (unpaired) electrons. The summed E-state index contributed by atoms with van der Waals surface area (Å²) in [5, 5.41) is 0.433. The number of carbonyl (C=O) groups is 1. The van der Waals surface area contributed by atoms with Gasteiger partial charge in [0.25, 0.3) is 11.1 Å². The molecule has 0 unspecified atom stereocenters. The Kier molecular flexibility index (Phi) is 2.31. The lowest BCUT2D eigenvalue weighted by molar-refractivity contribution is 0.100. The summed E-state index contributed by atoms with van der Waals surface area (Å²) in [4.78, 5) is 14.5. The Balaban J connectivity index is 3.07. The van der Waals surface area contributed by atoms with Crippen LogP contribution in [-0.4, -0.2) is 18.0 Å². The molecule has 1 aromatic rings. The summed E-state index contributed by atoms with van der Waals surface area (Å²) in [6.07, 6.45) is 0. The van der Waals surface area contributed by atoms with Gasteiger partial charge in [-0.15, -0.1) is 0 Å². The first-order chi connectivity index (χ1) is 5.15. The average Bonchev–Trinajstić information content (AvgIpc) is 2.30. The standard InChI is InChI=1S/C5H5ClN2O2S/c1-10-5-8-3(6)2(11-5)4(7)9/h1H3,(H2,7,9). The van der Waals surface area contributed by atoms with Gasteiger partial charge in [0, 0.05) is 0 Å². The van der Waals surface area contributed by atoms with Gasteiger partial charge in [-0.2, -0.15) is 4.98 Å². The second-order valence-electron chi connectivity index (χ2n) is 1.67. The molecule has 0 spiro atoms. The predicted octanol–water partition coefficient (Wildman–Crippen LogP) is 0.904. The number of methoxy groups -OCH3 is 1. The van der Waals surface area contributed by atoms with Crippen molar-refractivity contribution in [1.82, 2.24) is 4.98 Å².